The van der Waals surface area contributed by atoms with Gasteiger partial charge >= 0.3 is 39.5 Å². The van der Waals surface area contributed by atoms with Gasteiger partial charge in [-0.2, -0.15) is 0 Å². The SMILES string of the molecule is CCCCCCCCCCCCCCCCCCCCCCCCC(=O)O[C@H](COC(=O)CCCCCCCCCCCCCCCCCCCCCCC)COP(=O)(O)OC[C@@H](O)COP(=O)(O)OC[C@@H](COC(=O)CCCCCCCCC(C)C)OC(=O)CCCCCCCCCC(C)C. The highest BCUT2D eigenvalue weighted by Crippen LogP contribution is 2.45. The Labute approximate surface area is 626 Å². The van der Waals surface area contributed by atoms with Crippen LogP contribution < -0.4 is 0 Å². The first kappa shape index (κ1) is 100. The topological polar surface area (TPSA) is 237 Å². The molecule has 0 aromatic heterocycles. The Morgan fingerprint density at radius 2 is 0.451 bits per heavy atom. The summed E-state index contributed by atoms with van der Waals surface area (Å²) in [7, 11) is -9.92. The summed E-state index contributed by atoms with van der Waals surface area (Å²) in [5.74, 6) is -0.740. The van der Waals surface area contributed by atoms with Gasteiger partial charge in [-0.05, 0) is 37.5 Å². The molecule has 0 saturated heterocycles. The Hall–Kier alpha value is -1.94. The number of aliphatic hydroxyl groups excluding tert-OH is 1. The zero-order valence-electron chi connectivity index (χ0n) is 66.9. The number of phosphoric ester groups is 2. The Morgan fingerprint density at radius 3 is 0.667 bits per heavy atom. The van der Waals surface area contributed by atoms with Gasteiger partial charge in [0.15, 0.2) is 12.2 Å². The van der Waals surface area contributed by atoms with Crippen molar-refractivity contribution in [3.05, 3.63) is 0 Å². The minimum absolute atomic E-state index is 0.103. The Kier molecular flexibility index (Phi) is 73.1. The van der Waals surface area contributed by atoms with Crippen LogP contribution in [-0.2, 0) is 65.4 Å². The summed E-state index contributed by atoms with van der Waals surface area (Å²) >= 11 is 0. The van der Waals surface area contributed by atoms with Gasteiger partial charge in [0.05, 0.1) is 26.4 Å². The van der Waals surface area contributed by atoms with Crippen LogP contribution in [0.25, 0.3) is 0 Å². The molecule has 102 heavy (non-hydrogen) atoms. The number of carbonyl (C=O) groups is 4. The predicted molar refractivity (Wildman–Crippen MR) is 418 cm³/mol. The molecule has 0 saturated carbocycles. The van der Waals surface area contributed by atoms with Crippen molar-refractivity contribution >= 4 is 39.5 Å². The molecule has 0 fully saturated rings. The average molecular weight is 1490 g/mol. The van der Waals surface area contributed by atoms with E-state index in [1.165, 1.54) is 250 Å². The van der Waals surface area contributed by atoms with Crippen molar-refractivity contribution in [3.63, 3.8) is 0 Å². The number of aliphatic hydroxyl groups is 1. The van der Waals surface area contributed by atoms with Crippen LogP contribution in [0.5, 0.6) is 0 Å². The summed E-state index contributed by atoms with van der Waals surface area (Å²) in [4.78, 5) is 72.9. The van der Waals surface area contributed by atoms with Gasteiger partial charge in [-0.3, -0.25) is 37.3 Å². The zero-order valence-corrected chi connectivity index (χ0v) is 68.7. The highest BCUT2D eigenvalue weighted by molar-refractivity contribution is 7.47. The quantitative estimate of drug-likeness (QED) is 0.0222. The number of rotatable bonds is 82. The predicted octanol–water partition coefficient (Wildman–Crippen LogP) is 25.1. The molecule has 0 rings (SSSR count). The van der Waals surface area contributed by atoms with Crippen LogP contribution in [0.3, 0.4) is 0 Å². The maximum absolute atomic E-state index is 13.1. The number of hydrogen-bond acceptors (Lipinski definition) is 15. The maximum Gasteiger partial charge on any atom is 0.472 e. The summed E-state index contributed by atoms with van der Waals surface area (Å²) in [6.45, 7) is 9.48. The van der Waals surface area contributed by atoms with Crippen molar-refractivity contribution < 1.29 is 80.2 Å². The molecular weight excluding hydrogens is 1330 g/mol. The van der Waals surface area contributed by atoms with E-state index in [9.17, 15) is 43.2 Å². The standard InChI is InChI=1S/C83H162O17P2/c1-7-9-11-13-15-17-19-21-23-25-27-29-31-33-35-37-39-41-43-47-55-61-67-82(87)99-78(71-93-80(85)65-59-53-46-42-40-38-36-34-32-30-28-26-24-22-20-18-16-14-12-10-8-2)73-97-101(89,90)95-69-77(84)70-96-102(91,92)98-74-79(72-94-81(86)66-60-54-50-49-52-58-64-76(5)6)100-83(88)68-62-56-48-44-45-51-57-63-75(3)4/h75-79,84H,7-74H2,1-6H3,(H,89,90)(H,91,92)/t77-,78-,79-/m1/s1. The van der Waals surface area contributed by atoms with Gasteiger partial charge in [0, 0.05) is 25.7 Å². The first-order valence-electron chi connectivity index (χ1n) is 43.0. The van der Waals surface area contributed by atoms with Gasteiger partial charge in [-0.15, -0.1) is 0 Å². The number of unbranched alkanes of at least 4 members (excludes halogenated alkanes) is 52. The third-order valence-corrected chi connectivity index (χ3v) is 21.4. The van der Waals surface area contributed by atoms with Crippen LogP contribution in [0.15, 0.2) is 0 Å². The van der Waals surface area contributed by atoms with Gasteiger partial charge in [0.1, 0.15) is 19.3 Å². The van der Waals surface area contributed by atoms with E-state index >= 15 is 0 Å². The van der Waals surface area contributed by atoms with Crippen molar-refractivity contribution in [2.24, 2.45) is 11.8 Å². The fourth-order valence-electron chi connectivity index (χ4n) is 12.9. The third kappa shape index (κ3) is 76.3. The van der Waals surface area contributed by atoms with Gasteiger partial charge < -0.3 is 33.8 Å². The van der Waals surface area contributed by atoms with E-state index < -0.39 is 97.5 Å². The molecule has 3 N–H and O–H groups in total. The Morgan fingerprint density at radius 1 is 0.265 bits per heavy atom. The van der Waals surface area contributed by atoms with Crippen LogP contribution in [-0.4, -0.2) is 96.7 Å². The van der Waals surface area contributed by atoms with Crippen LogP contribution in [0.2, 0.25) is 0 Å². The molecule has 19 heteroatoms. The van der Waals surface area contributed by atoms with E-state index in [-0.39, 0.29) is 25.7 Å². The summed E-state index contributed by atoms with van der Waals surface area (Å²) in [6, 6.07) is 0. The largest absolute Gasteiger partial charge is 0.472 e. The lowest BCUT2D eigenvalue weighted by molar-refractivity contribution is -0.161. The van der Waals surface area contributed by atoms with Crippen molar-refractivity contribution in [2.45, 2.75) is 458 Å². The fraction of sp³-hybridized carbons (Fsp3) is 0.952. The number of phosphoric acid groups is 2. The molecule has 0 amide bonds. The van der Waals surface area contributed by atoms with Gasteiger partial charge in [0.2, 0.25) is 0 Å². The molecular formula is C83H162O17P2. The molecule has 0 aromatic carbocycles. The van der Waals surface area contributed by atoms with Crippen LogP contribution in [0.4, 0.5) is 0 Å². The Bertz CT molecular complexity index is 1960. The van der Waals surface area contributed by atoms with E-state index in [2.05, 4.69) is 41.5 Å². The van der Waals surface area contributed by atoms with Crippen molar-refractivity contribution in [1.29, 1.82) is 0 Å². The third-order valence-electron chi connectivity index (χ3n) is 19.5. The van der Waals surface area contributed by atoms with Crippen LogP contribution >= 0.6 is 15.6 Å². The molecule has 17 nitrogen and oxygen atoms in total. The maximum atomic E-state index is 13.1. The molecule has 0 spiro atoms. The van der Waals surface area contributed by atoms with Crippen LogP contribution in [0.1, 0.15) is 440 Å². The summed E-state index contributed by atoms with van der Waals surface area (Å²) < 4.78 is 68.6. The number of hydrogen-bond donors (Lipinski definition) is 3. The van der Waals surface area contributed by atoms with Crippen molar-refractivity contribution in [2.75, 3.05) is 39.6 Å². The monoisotopic (exact) mass is 1490 g/mol. The molecule has 0 heterocycles. The van der Waals surface area contributed by atoms with E-state index in [4.69, 9.17) is 37.0 Å². The van der Waals surface area contributed by atoms with E-state index in [0.29, 0.717) is 37.5 Å². The normalized spacial score (nSPS) is 13.9. The van der Waals surface area contributed by atoms with Crippen molar-refractivity contribution in [3.8, 4) is 0 Å². The molecule has 0 aliphatic heterocycles. The second-order valence-electron chi connectivity index (χ2n) is 30.8. The lowest BCUT2D eigenvalue weighted by atomic mass is 10.0. The molecule has 0 aromatic rings. The van der Waals surface area contributed by atoms with Gasteiger partial charge in [0.25, 0.3) is 0 Å². The highest BCUT2D eigenvalue weighted by Gasteiger charge is 2.30. The lowest BCUT2D eigenvalue weighted by Crippen LogP contribution is -2.30. The molecule has 0 aliphatic carbocycles. The molecule has 0 bridgehead atoms. The average Bonchev–Trinajstić information content (AvgIpc) is 0.970. The molecule has 606 valence electrons. The molecule has 0 radical (unpaired) electrons. The van der Waals surface area contributed by atoms with E-state index in [1.54, 1.807) is 0 Å². The zero-order chi connectivity index (χ0) is 74.9. The van der Waals surface area contributed by atoms with Crippen LogP contribution in [0, 0.1) is 11.8 Å². The van der Waals surface area contributed by atoms with E-state index in [1.807, 2.05) is 0 Å². The first-order valence-corrected chi connectivity index (χ1v) is 46.0. The van der Waals surface area contributed by atoms with Gasteiger partial charge in [-0.25, -0.2) is 9.13 Å². The lowest BCUT2D eigenvalue weighted by Gasteiger charge is -2.21. The minimum atomic E-state index is -4.96. The molecule has 2 unspecified atom stereocenters. The minimum Gasteiger partial charge on any atom is -0.462 e. The Balaban J connectivity index is 5.15. The second-order valence-corrected chi connectivity index (χ2v) is 33.7. The van der Waals surface area contributed by atoms with Crippen molar-refractivity contribution in [1.82, 2.24) is 0 Å². The summed E-state index contributed by atoms with van der Waals surface area (Å²) in [5.41, 5.74) is 0. The molecule has 0 aliphatic rings. The molecule has 5 atom stereocenters. The summed E-state index contributed by atoms with van der Waals surface area (Å²) in [5, 5.41) is 10.6. The first-order chi connectivity index (χ1) is 49.4. The van der Waals surface area contributed by atoms with Gasteiger partial charge in [-0.1, -0.05) is 388 Å². The summed E-state index contributed by atoms with van der Waals surface area (Å²) in [6.07, 6.45) is 65.9. The smallest absolute Gasteiger partial charge is 0.462 e. The number of carbonyl (C=O) groups excluding carboxylic acids is 4. The second kappa shape index (κ2) is 74.5. The number of ether oxygens (including phenoxy) is 4. The number of esters is 4. The fourth-order valence-corrected chi connectivity index (χ4v) is 14.5. The van der Waals surface area contributed by atoms with E-state index in [0.717, 1.165) is 96.3 Å². The highest BCUT2D eigenvalue weighted by atomic mass is 31.2.